The Kier molecular flexibility index (Phi) is 4.89. The number of aliphatic imine (C=N–C) groups is 1. The van der Waals surface area contributed by atoms with Crippen molar-refractivity contribution in [3.8, 4) is 0 Å². The monoisotopic (exact) mass is 364 g/mol. The minimum absolute atomic E-state index is 0.0491. The standard InChI is InChI=1S/C17H14ClFN2O2S/c1-24(23)10-21-15-7-6-11(18)8-13(15)17(20-9-16(21)22)12-4-2-3-5-14(12)19/h2-8H,9-10H2,1H3. The zero-order chi connectivity index (χ0) is 17.3. The molecule has 0 fully saturated rings. The van der Waals surface area contributed by atoms with Crippen LogP contribution in [0.4, 0.5) is 10.1 Å². The van der Waals surface area contributed by atoms with Gasteiger partial charge >= 0.3 is 0 Å². The van der Waals surface area contributed by atoms with Crippen molar-refractivity contribution in [2.45, 2.75) is 0 Å². The fraction of sp³-hybridized carbons (Fsp3) is 0.176. The van der Waals surface area contributed by atoms with Gasteiger partial charge in [-0.25, -0.2) is 4.39 Å². The quantitative estimate of drug-likeness (QED) is 0.786. The van der Waals surface area contributed by atoms with Crippen molar-refractivity contribution in [2.24, 2.45) is 4.99 Å². The Morgan fingerprint density at radius 1 is 1.29 bits per heavy atom. The summed E-state index contributed by atoms with van der Waals surface area (Å²) >= 11 is 4.88. The van der Waals surface area contributed by atoms with Crippen molar-refractivity contribution < 1.29 is 13.7 Å². The fourth-order valence-corrected chi connectivity index (χ4v) is 3.41. The second kappa shape index (κ2) is 6.93. The fourth-order valence-electron chi connectivity index (χ4n) is 2.59. The number of hydrogen-bond donors (Lipinski definition) is 0. The van der Waals surface area contributed by atoms with Crippen LogP contribution in [0.5, 0.6) is 0 Å². The van der Waals surface area contributed by atoms with E-state index in [1.807, 2.05) is 0 Å². The van der Waals surface area contributed by atoms with E-state index in [-0.39, 0.29) is 18.3 Å². The van der Waals surface area contributed by atoms with Crippen molar-refractivity contribution in [1.29, 1.82) is 0 Å². The largest absolute Gasteiger partial charge is 0.615 e. The third-order valence-electron chi connectivity index (χ3n) is 3.62. The Hall–Kier alpha value is -1.89. The van der Waals surface area contributed by atoms with Crippen LogP contribution in [0.2, 0.25) is 5.02 Å². The van der Waals surface area contributed by atoms with Crippen LogP contribution in [0.25, 0.3) is 0 Å². The number of carbonyl (C=O) groups excluding carboxylic acids is 1. The van der Waals surface area contributed by atoms with Gasteiger partial charge in [-0.2, -0.15) is 0 Å². The number of anilines is 1. The lowest BCUT2D eigenvalue weighted by Gasteiger charge is -2.23. The molecule has 0 N–H and O–H groups in total. The van der Waals surface area contributed by atoms with E-state index < -0.39 is 17.0 Å². The number of benzodiazepines with no additional fused rings is 1. The summed E-state index contributed by atoms with van der Waals surface area (Å²) in [5.74, 6) is -0.671. The highest BCUT2D eigenvalue weighted by Gasteiger charge is 2.28. The van der Waals surface area contributed by atoms with Crippen LogP contribution >= 0.6 is 11.6 Å². The van der Waals surface area contributed by atoms with Crippen LogP contribution in [-0.4, -0.2) is 34.8 Å². The Balaban J connectivity index is 2.20. The molecule has 1 aliphatic heterocycles. The molecule has 2 aromatic carbocycles. The van der Waals surface area contributed by atoms with Crippen molar-refractivity contribution in [1.82, 2.24) is 0 Å². The zero-order valence-corrected chi connectivity index (χ0v) is 14.4. The minimum atomic E-state index is -1.22. The van der Waals surface area contributed by atoms with Gasteiger partial charge in [0.15, 0.2) is 5.88 Å². The van der Waals surface area contributed by atoms with E-state index in [0.717, 1.165) is 0 Å². The van der Waals surface area contributed by atoms with Crippen molar-refractivity contribution in [3.05, 3.63) is 64.4 Å². The number of halogens is 2. The molecule has 24 heavy (non-hydrogen) atoms. The van der Waals surface area contributed by atoms with E-state index in [2.05, 4.69) is 4.99 Å². The van der Waals surface area contributed by atoms with Gasteiger partial charge in [0.05, 0.1) is 17.7 Å². The molecule has 0 spiro atoms. The van der Waals surface area contributed by atoms with E-state index in [0.29, 0.717) is 27.5 Å². The van der Waals surface area contributed by atoms with Crippen LogP contribution in [-0.2, 0) is 16.0 Å². The number of benzene rings is 2. The van der Waals surface area contributed by atoms with E-state index in [1.54, 1.807) is 36.4 Å². The summed E-state index contributed by atoms with van der Waals surface area (Å²) in [7, 11) is 0. The minimum Gasteiger partial charge on any atom is -0.615 e. The van der Waals surface area contributed by atoms with Gasteiger partial charge in [-0.1, -0.05) is 23.7 Å². The Morgan fingerprint density at radius 2 is 2.04 bits per heavy atom. The molecule has 3 rings (SSSR count). The first-order valence-electron chi connectivity index (χ1n) is 7.17. The average molecular weight is 365 g/mol. The molecule has 0 bridgehead atoms. The van der Waals surface area contributed by atoms with Crippen LogP contribution in [0, 0.1) is 5.82 Å². The first kappa shape index (κ1) is 17.0. The van der Waals surface area contributed by atoms with Gasteiger partial charge < -0.3 is 4.55 Å². The van der Waals surface area contributed by atoms with Crippen molar-refractivity contribution >= 4 is 40.1 Å². The summed E-state index contributed by atoms with van der Waals surface area (Å²) in [4.78, 5) is 18.1. The summed E-state index contributed by atoms with van der Waals surface area (Å²) in [5, 5.41) is 0.449. The summed E-state index contributed by atoms with van der Waals surface area (Å²) in [6.07, 6.45) is 1.52. The van der Waals surface area contributed by atoms with E-state index >= 15 is 0 Å². The molecule has 1 amide bonds. The summed E-state index contributed by atoms with van der Waals surface area (Å²) < 4.78 is 25.9. The van der Waals surface area contributed by atoms with Gasteiger partial charge in [-0.05, 0) is 41.5 Å². The third kappa shape index (κ3) is 3.31. The molecule has 1 unspecified atom stereocenters. The molecule has 1 heterocycles. The lowest BCUT2D eigenvalue weighted by molar-refractivity contribution is -0.117. The normalized spacial score (nSPS) is 15.6. The first-order valence-corrected chi connectivity index (χ1v) is 9.27. The van der Waals surface area contributed by atoms with Gasteiger partial charge in [0.1, 0.15) is 12.4 Å². The molecular weight excluding hydrogens is 351 g/mol. The van der Waals surface area contributed by atoms with Gasteiger partial charge in [-0.3, -0.25) is 14.7 Å². The Bertz CT molecular complexity index is 826. The molecule has 1 aliphatic rings. The average Bonchev–Trinajstić information content (AvgIpc) is 2.66. The highest BCUT2D eigenvalue weighted by molar-refractivity contribution is 7.90. The molecule has 0 aliphatic carbocycles. The molecule has 4 nitrogen and oxygen atoms in total. The molecule has 7 heteroatoms. The maximum absolute atomic E-state index is 14.2. The lowest BCUT2D eigenvalue weighted by atomic mass is 10.00. The van der Waals surface area contributed by atoms with Crippen LogP contribution < -0.4 is 4.90 Å². The summed E-state index contributed by atoms with van der Waals surface area (Å²) in [5.41, 5.74) is 1.74. The van der Waals surface area contributed by atoms with E-state index in [4.69, 9.17) is 11.6 Å². The Morgan fingerprint density at radius 3 is 2.75 bits per heavy atom. The molecule has 0 radical (unpaired) electrons. The third-order valence-corrected chi connectivity index (χ3v) is 4.47. The predicted octanol–water partition coefficient (Wildman–Crippen LogP) is 3.00. The molecular formula is C17H14ClFN2O2S. The number of hydrogen-bond acceptors (Lipinski definition) is 3. The molecule has 0 saturated heterocycles. The van der Waals surface area contributed by atoms with Crippen molar-refractivity contribution in [3.63, 3.8) is 0 Å². The second-order valence-electron chi connectivity index (χ2n) is 5.33. The van der Waals surface area contributed by atoms with Crippen molar-refractivity contribution in [2.75, 3.05) is 23.6 Å². The van der Waals surface area contributed by atoms with Gasteiger partial charge in [0, 0.05) is 16.1 Å². The van der Waals surface area contributed by atoms with Gasteiger partial charge in [0.25, 0.3) is 5.91 Å². The number of fused-ring (bicyclic) bond motifs is 1. The maximum atomic E-state index is 14.2. The predicted molar refractivity (Wildman–Crippen MR) is 94.8 cm³/mol. The van der Waals surface area contributed by atoms with Crippen LogP contribution in [0.15, 0.2) is 47.5 Å². The molecule has 0 aromatic heterocycles. The Labute approximate surface area is 147 Å². The SMILES string of the molecule is C[S+]([O-])CN1C(=O)CN=C(c2ccccc2F)c2cc(Cl)ccc21. The lowest BCUT2D eigenvalue weighted by Crippen LogP contribution is -2.36. The highest BCUT2D eigenvalue weighted by atomic mass is 35.5. The molecule has 1 atom stereocenters. The second-order valence-corrected chi connectivity index (χ2v) is 7.17. The van der Waals surface area contributed by atoms with Crippen LogP contribution in [0.1, 0.15) is 11.1 Å². The first-order chi connectivity index (χ1) is 11.5. The molecule has 0 saturated carbocycles. The molecule has 2 aromatic rings. The topological polar surface area (TPSA) is 55.7 Å². The summed E-state index contributed by atoms with van der Waals surface area (Å²) in [6.45, 7) is -0.146. The maximum Gasteiger partial charge on any atom is 0.252 e. The van der Waals surface area contributed by atoms with Gasteiger partial charge in [-0.15, -0.1) is 0 Å². The number of amides is 1. The molecule has 124 valence electrons. The highest BCUT2D eigenvalue weighted by Crippen LogP contribution is 2.30. The number of nitrogens with zero attached hydrogens (tertiary/aromatic N) is 2. The van der Waals surface area contributed by atoms with Gasteiger partial charge in [0.2, 0.25) is 0 Å². The van der Waals surface area contributed by atoms with E-state index in [9.17, 15) is 13.7 Å². The zero-order valence-electron chi connectivity index (χ0n) is 12.8. The van der Waals surface area contributed by atoms with Crippen LogP contribution in [0.3, 0.4) is 0 Å². The smallest absolute Gasteiger partial charge is 0.252 e. The van der Waals surface area contributed by atoms with E-state index in [1.165, 1.54) is 17.2 Å². The number of carbonyl (C=O) groups is 1. The summed E-state index contributed by atoms with van der Waals surface area (Å²) in [6, 6.07) is 11.2. The number of rotatable bonds is 3.